The fourth-order valence-electron chi connectivity index (χ4n) is 1.52. The molecule has 92 valence electrons. The van der Waals surface area contributed by atoms with E-state index in [9.17, 15) is 0 Å². The molecule has 0 saturated carbocycles. The second kappa shape index (κ2) is 8.08. The van der Waals surface area contributed by atoms with Crippen LogP contribution in [-0.4, -0.2) is 30.5 Å². The van der Waals surface area contributed by atoms with Gasteiger partial charge in [-0.25, -0.2) is 0 Å². The zero-order chi connectivity index (χ0) is 11.7. The van der Waals surface area contributed by atoms with Gasteiger partial charge in [0.15, 0.2) is 0 Å². The van der Waals surface area contributed by atoms with Crippen LogP contribution < -0.4 is 5.73 Å². The first kappa shape index (κ1) is 14.9. The molecule has 0 aromatic heterocycles. The largest absolute Gasteiger partial charge is 0.394 e. The van der Waals surface area contributed by atoms with Gasteiger partial charge in [0.25, 0.3) is 0 Å². The van der Waals surface area contributed by atoms with Crippen molar-refractivity contribution < 1.29 is 9.84 Å². The highest BCUT2D eigenvalue weighted by atomic mass is 16.5. The van der Waals surface area contributed by atoms with Crippen LogP contribution in [0.2, 0.25) is 0 Å². The van der Waals surface area contributed by atoms with Crippen molar-refractivity contribution in [2.24, 2.45) is 11.7 Å². The Bertz CT molecular complexity index is 149. The van der Waals surface area contributed by atoms with E-state index in [4.69, 9.17) is 15.6 Å². The molecule has 0 aliphatic carbocycles. The molecule has 3 heteroatoms. The Morgan fingerprint density at radius 3 is 2.67 bits per heavy atom. The molecule has 0 rings (SSSR count). The summed E-state index contributed by atoms with van der Waals surface area (Å²) in [7, 11) is 0. The highest BCUT2D eigenvalue weighted by molar-refractivity contribution is 4.76. The van der Waals surface area contributed by atoms with E-state index in [-0.39, 0.29) is 6.61 Å². The number of aliphatic hydroxyl groups is 1. The minimum absolute atomic E-state index is 0.0409. The molecule has 0 radical (unpaired) electrons. The van der Waals surface area contributed by atoms with Gasteiger partial charge in [-0.3, -0.25) is 0 Å². The molecule has 3 N–H and O–H groups in total. The fourth-order valence-corrected chi connectivity index (χ4v) is 1.52. The summed E-state index contributed by atoms with van der Waals surface area (Å²) in [5, 5.41) is 8.94. The summed E-state index contributed by atoms with van der Waals surface area (Å²) in [6, 6.07) is 0. The van der Waals surface area contributed by atoms with Crippen LogP contribution in [0.25, 0.3) is 0 Å². The van der Waals surface area contributed by atoms with Crippen molar-refractivity contribution in [3.8, 4) is 0 Å². The lowest BCUT2D eigenvalue weighted by molar-refractivity contribution is 0.0912. The maximum absolute atomic E-state index is 8.94. The Kier molecular flexibility index (Phi) is 8.02. The summed E-state index contributed by atoms with van der Waals surface area (Å²) in [4.78, 5) is 0. The number of hydrogen-bond acceptors (Lipinski definition) is 3. The Balaban J connectivity index is 3.32. The molecule has 0 aliphatic heterocycles. The lowest BCUT2D eigenvalue weighted by Crippen LogP contribution is -2.40. The molecular formula is C12H27NO2. The summed E-state index contributed by atoms with van der Waals surface area (Å²) >= 11 is 0. The van der Waals surface area contributed by atoms with Crippen LogP contribution in [0.15, 0.2) is 0 Å². The van der Waals surface area contributed by atoms with E-state index in [0.717, 1.165) is 26.1 Å². The Morgan fingerprint density at radius 2 is 2.13 bits per heavy atom. The first-order chi connectivity index (χ1) is 7.02. The maximum Gasteiger partial charge on any atom is 0.0608 e. The smallest absolute Gasteiger partial charge is 0.0608 e. The van der Waals surface area contributed by atoms with E-state index in [1.807, 2.05) is 6.92 Å². The van der Waals surface area contributed by atoms with Crippen LogP contribution in [0, 0.1) is 5.92 Å². The van der Waals surface area contributed by atoms with Gasteiger partial charge in [-0.05, 0) is 32.1 Å². The standard InChI is InChI=1S/C12H27NO2/c1-4-6-11(2)9-15-8-5-7-12(3,13)10-14/h11,14H,4-10,13H2,1-3H3. The van der Waals surface area contributed by atoms with Crippen LogP contribution >= 0.6 is 0 Å². The molecule has 15 heavy (non-hydrogen) atoms. The van der Waals surface area contributed by atoms with E-state index in [2.05, 4.69) is 13.8 Å². The van der Waals surface area contributed by atoms with Gasteiger partial charge in [0.1, 0.15) is 0 Å². The summed E-state index contributed by atoms with van der Waals surface area (Å²) in [5.41, 5.74) is 5.35. The number of hydrogen-bond donors (Lipinski definition) is 2. The number of aliphatic hydroxyl groups excluding tert-OH is 1. The van der Waals surface area contributed by atoms with Crippen molar-refractivity contribution in [2.45, 2.75) is 52.0 Å². The van der Waals surface area contributed by atoms with Crippen molar-refractivity contribution >= 4 is 0 Å². The van der Waals surface area contributed by atoms with Gasteiger partial charge in [-0.2, -0.15) is 0 Å². The molecule has 0 aromatic carbocycles. The van der Waals surface area contributed by atoms with E-state index < -0.39 is 5.54 Å². The fraction of sp³-hybridized carbons (Fsp3) is 1.00. The maximum atomic E-state index is 8.94. The molecule has 3 nitrogen and oxygen atoms in total. The van der Waals surface area contributed by atoms with Crippen LogP contribution in [0.3, 0.4) is 0 Å². The Labute approximate surface area is 94.0 Å². The number of nitrogens with two attached hydrogens (primary N) is 1. The highest BCUT2D eigenvalue weighted by Crippen LogP contribution is 2.09. The minimum atomic E-state index is -0.446. The van der Waals surface area contributed by atoms with Crippen molar-refractivity contribution in [1.29, 1.82) is 0 Å². The third-order valence-corrected chi connectivity index (χ3v) is 2.58. The molecule has 0 bridgehead atoms. The average Bonchev–Trinajstić information content (AvgIpc) is 2.17. The van der Waals surface area contributed by atoms with Crippen molar-refractivity contribution in [2.75, 3.05) is 19.8 Å². The van der Waals surface area contributed by atoms with Gasteiger partial charge in [0.2, 0.25) is 0 Å². The molecule has 0 aromatic rings. The molecule has 0 fully saturated rings. The monoisotopic (exact) mass is 217 g/mol. The zero-order valence-corrected chi connectivity index (χ0v) is 10.5. The first-order valence-corrected chi connectivity index (χ1v) is 5.99. The van der Waals surface area contributed by atoms with Gasteiger partial charge < -0.3 is 15.6 Å². The van der Waals surface area contributed by atoms with E-state index in [1.54, 1.807) is 0 Å². The SMILES string of the molecule is CCCC(C)COCCCC(C)(N)CO. The topological polar surface area (TPSA) is 55.5 Å². The third-order valence-electron chi connectivity index (χ3n) is 2.58. The van der Waals surface area contributed by atoms with Crippen LogP contribution in [0.5, 0.6) is 0 Å². The second-order valence-electron chi connectivity index (χ2n) is 4.88. The predicted molar refractivity (Wildman–Crippen MR) is 63.8 cm³/mol. The Hall–Kier alpha value is -0.120. The molecule has 2 unspecified atom stereocenters. The minimum Gasteiger partial charge on any atom is -0.394 e. The van der Waals surface area contributed by atoms with Crippen molar-refractivity contribution in [1.82, 2.24) is 0 Å². The molecule has 0 heterocycles. The third kappa shape index (κ3) is 8.85. The molecule has 0 amide bonds. The summed E-state index contributed by atoms with van der Waals surface area (Å²) in [6.45, 7) is 7.91. The van der Waals surface area contributed by atoms with Gasteiger partial charge in [0.05, 0.1) is 6.61 Å². The second-order valence-corrected chi connectivity index (χ2v) is 4.88. The quantitative estimate of drug-likeness (QED) is 0.580. The number of rotatable bonds is 9. The van der Waals surface area contributed by atoms with E-state index in [0.29, 0.717) is 5.92 Å². The summed E-state index contributed by atoms with van der Waals surface area (Å²) < 4.78 is 5.55. The lowest BCUT2D eigenvalue weighted by Gasteiger charge is -2.21. The lowest BCUT2D eigenvalue weighted by atomic mass is 9.99. The molecule has 0 spiro atoms. The van der Waals surface area contributed by atoms with Gasteiger partial charge in [-0.15, -0.1) is 0 Å². The molecule has 0 aliphatic rings. The van der Waals surface area contributed by atoms with Crippen LogP contribution in [-0.2, 0) is 4.74 Å². The molecule has 0 saturated heterocycles. The van der Waals surface area contributed by atoms with Crippen molar-refractivity contribution in [3.05, 3.63) is 0 Å². The zero-order valence-electron chi connectivity index (χ0n) is 10.5. The number of ether oxygens (including phenoxy) is 1. The average molecular weight is 217 g/mol. The van der Waals surface area contributed by atoms with E-state index in [1.165, 1.54) is 12.8 Å². The van der Waals surface area contributed by atoms with Crippen molar-refractivity contribution in [3.63, 3.8) is 0 Å². The highest BCUT2D eigenvalue weighted by Gasteiger charge is 2.15. The first-order valence-electron chi connectivity index (χ1n) is 5.99. The normalized spacial score (nSPS) is 17.4. The molecular weight excluding hydrogens is 190 g/mol. The van der Waals surface area contributed by atoms with Crippen LogP contribution in [0.1, 0.15) is 46.5 Å². The predicted octanol–water partition coefficient (Wildman–Crippen LogP) is 1.93. The van der Waals surface area contributed by atoms with Gasteiger partial charge >= 0.3 is 0 Å². The summed E-state index contributed by atoms with van der Waals surface area (Å²) in [6.07, 6.45) is 4.18. The van der Waals surface area contributed by atoms with Gasteiger partial charge in [-0.1, -0.05) is 20.3 Å². The van der Waals surface area contributed by atoms with Gasteiger partial charge in [0, 0.05) is 18.8 Å². The summed E-state index contributed by atoms with van der Waals surface area (Å²) in [5.74, 6) is 0.650. The molecule has 2 atom stereocenters. The van der Waals surface area contributed by atoms with Crippen LogP contribution in [0.4, 0.5) is 0 Å². The van der Waals surface area contributed by atoms with E-state index >= 15 is 0 Å². The Morgan fingerprint density at radius 1 is 1.47 bits per heavy atom.